The Balaban J connectivity index is 1.63. The van der Waals surface area contributed by atoms with Crippen molar-refractivity contribution in [3.8, 4) is 5.75 Å². The smallest absolute Gasteiger partial charge is 0.250 e. The summed E-state index contributed by atoms with van der Waals surface area (Å²) < 4.78 is 32.0. The molecule has 2 aromatic rings. The molecule has 0 spiro atoms. The second kappa shape index (κ2) is 9.63. The van der Waals surface area contributed by atoms with Crippen molar-refractivity contribution in [2.45, 2.75) is 36.7 Å². The van der Waals surface area contributed by atoms with Crippen LogP contribution in [0.4, 0.5) is 11.4 Å². The second-order valence-electron chi connectivity index (χ2n) is 8.66. The Morgan fingerprint density at radius 3 is 2.65 bits per heavy atom. The van der Waals surface area contributed by atoms with Crippen LogP contribution in [-0.2, 0) is 26.2 Å². The largest absolute Gasteiger partial charge is 0.496 e. The van der Waals surface area contributed by atoms with Gasteiger partial charge in [0.25, 0.3) is 0 Å². The number of hydrogen-bond acceptors (Lipinski definition) is 6. The molecule has 9 nitrogen and oxygen atoms in total. The van der Waals surface area contributed by atoms with Gasteiger partial charge in [0.1, 0.15) is 18.3 Å². The molecule has 2 aromatic carbocycles. The van der Waals surface area contributed by atoms with Crippen LogP contribution >= 0.6 is 0 Å². The van der Waals surface area contributed by atoms with Gasteiger partial charge >= 0.3 is 0 Å². The molecule has 182 valence electrons. The third-order valence-electron chi connectivity index (χ3n) is 6.35. The normalized spacial score (nSPS) is 17.9. The number of rotatable bonds is 7. The van der Waals surface area contributed by atoms with E-state index < -0.39 is 10.0 Å². The molecule has 0 bridgehead atoms. The molecule has 1 atom stereocenters. The zero-order valence-electron chi connectivity index (χ0n) is 19.7. The predicted molar refractivity (Wildman–Crippen MR) is 129 cm³/mol. The number of piperidine rings is 1. The number of fused-ring (bicyclic) bond motifs is 3. The highest BCUT2D eigenvalue weighted by Gasteiger charge is 2.40. The highest BCUT2D eigenvalue weighted by Crippen LogP contribution is 2.40. The summed E-state index contributed by atoms with van der Waals surface area (Å²) in [6.45, 7) is 0.774. The van der Waals surface area contributed by atoms with Crippen molar-refractivity contribution in [3.63, 3.8) is 0 Å². The molecule has 1 saturated heterocycles. The Morgan fingerprint density at radius 1 is 1.15 bits per heavy atom. The van der Waals surface area contributed by atoms with Crippen LogP contribution in [0.3, 0.4) is 0 Å². The SMILES string of the molecule is COc1ccccc1CNC(=O)CN1C(=O)[C@H]2CCCCN2c2ccc(S(=O)(=O)N(C)C)cc21. The van der Waals surface area contributed by atoms with Crippen LogP contribution in [0.2, 0.25) is 0 Å². The predicted octanol–water partition coefficient (Wildman–Crippen LogP) is 1.97. The molecule has 34 heavy (non-hydrogen) atoms. The minimum Gasteiger partial charge on any atom is -0.496 e. The minimum absolute atomic E-state index is 0.0824. The standard InChI is InChI=1S/C24H30N4O5S/c1-26(2)34(31,32)18-11-12-19-21(14-18)28(24(30)20-9-6-7-13-27(19)20)16-23(29)25-15-17-8-4-5-10-22(17)33-3/h4-5,8,10-12,14,20H,6-7,9,13,15-16H2,1-3H3,(H,25,29)/t20-/m1/s1. The van der Waals surface area contributed by atoms with Crippen LogP contribution in [0.25, 0.3) is 0 Å². The number of nitrogens with one attached hydrogen (secondary N) is 1. The fourth-order valence-corrected chi connectivity index (χ4v) is 5.44. The monoisotopic (exact) mass is 486 g/mol. The highest BCUT2D eigenvalue weighted by atomic mass is 32.2. The second-order valence-corrected chi connectivity index (χ2v) is 10.8. The van der Waals surface area contributed by atoms with E-state index in [0.717, 1.165) is 34.9 Å². The maximum Gasteiger partial charge on any atom is 0.250 e. The quantitative estimate of drug-likeness (QED) is 0.643. The van der Waals surface area contributed by atoms with E-state index in [-0.39, 0.29) is 35.8 Å². The van der Waals surface area contributed by atoms with E-state index in [1.165, 1.54) is 25.1 Å². The van der Waals surface area contributed by atoms with Crippen molar-refractivity contribution in [3.05, 3.63) is 48.0 Å². The maximum absolute atomic E-state index is 13.5. The van der Waals surface area contributed by atoms with E-state index in [1.54, 1.807) is 19.2 Å². The molecule has 2 heterocycles. The van der Waals surface area contributed by atoms with Gasteiger partial charge in [0.05, 0.1) is 23.4 Å². The molecule has 2 aliphatic rings. The third kappa shape index (κ3) is 4.47. The summed E-state index contributed by atoms with van der Waals surface area (Å²) in [4.78, 5) is 29.9. The number of amides is 2. The van der Waals surface area contributed by atoms with Gasteiger partial charge in [-0.05, 0) is 43.5 Å². The summed E-state index contributed by atoms with van der Waals surface area (Å²) in [5.74, 6) is 0.146. The molecular formula is C24H30N4O5S. The van der Waals surface area contributed by atoms with Crippen LogP contribution in [-0.4, -0.2) is 64.9 Å². The topological polar surface area (TPSA) is 99.3 Å². The average Bonchev–Trinajstić information content (AvgIpc) is 2.85. The average molecular weight is 487 g/mol. The third-order valence-corrected chi connectivity index (χ3v) is 8.16. The molecular weight excluding hydrogens is 456 g/mol. The summed E-state index contributed by atoms with van der Waals surface area (Å²) >= 11 is 0. The first-order valence-electron chi connectivity index (χ1n) is 11.3. The molecule has 1 N–H and O–H groups in total. The van der Waals surface area contributed by atoms with Crippen LogP contribution < -0.4 is 19.9 Å². The van der Waals surface area contributed by atoms with Gasteiger partial charge in [-0.25, -0.2) is 12.7 Å². The van der Waals surface area contributed by atoms with Gasteiger partial charge in [0.2, 0.25) is 21.8 Å². The molecule has 0 aromatic heterocycles. The first-order chi connectivity index (χ1) is 16.2. The molecule has 4 rings (SSSR count). The number of carbonyl (C=O) groups is 2. The summed E-state index contributed by atoms with van der Waals surface area (Å²) in [6.07, 6.45) is 2.60. The van der Waals surface area contributed by atoms with E-state index >= 15 is 0 Å². The van der Waals surface area contributed by atoms with Crippen LogP contribution in [0.1, 0.15) is 24.8 Å². The van der Waals surface area contributed by atoms with E-state index in [4.69, 9.17) is 4.74 Å². The van der Waals surface area contributed by atoms with Gasteiger partial charge in [-0.1, -0.05) is 18.2 Å². The van der Waals surface area contributed by atoms with Crippen molar-refractivity contribution in [2.24, 2.45) is 0 Å². The number of nitrogens with zero attached hydrogens (tertiary/aromatic N) is 3. The molecule has 1 fully saturated rings. The summed E-state index contributed by atoms with van der Waals surface area (Å²) in [5.41, 5.74) is 2.04. The fraction of sp³-hybridized carbons (Fsp3) is 0.417. The lowest BCUT2D eigenvalue weighted by Crippen LogP contribution is -2.57. The van der Waals surface area contributed by atoms with Crippen LogP contribution in [0.15, 0.2) is 47.4 Å². The lowest BCUT2D eigenvalue weighted by atomic mass is 9.96. The van der Waals surface area contributed by atoms with Gasteiger partial charge in [0.15, 0.2) is 0 Å². The van der Waals surface area contributed by atoms with E-state index in [1.807, 2.05) is 29.2 Å². The Bertz CT molecular complexity index is 1200. The van der Waals surface area contributed by atoms with Crippen molar-refractivity contribution < 1.29 is 22.7 Å². The molecule has 10 heteroatoms. The fourth-order valence-electron chi connectivity index (χ4n) is 4.51. The number of carbonyl (C=O) groups excluding carboxylic acids is 2. The van der Waals surface area contributed by atoms with Gasteiger partial charge in [-0.2, -0.15) is 0 Å². The molecule has 2 amide bonds. The molecule has 0 aliphatic carbocycles. The highest BCUT2D eigenvalue weighted by molar-refractivity contribution is 7.89. The van der Waals surface area contributed by atoms with E-state index in [0.29, 0.717) is 17.9 Å². The number of benzene rings is 2. The van der Waals surface area contributed by atoms with Crippen molar-refractivity contribution in [1.29, 1.82) is 0 Å². The minimum atomic E-state index is -3.70. The molecule has 0 unspecified atom stereocenters. The van der Waals surface area contributed by atoms with E-state index in [9.17, 15) is 18.0 Å². The molecule has 2 aliphatic heterocycles. The summed E-state index contributed by atoms with van der Waals surface area (Å²) in [6, 6.07) is 11.9. The number of ether oxygens (including phenoxy) is 1. The lowest BCUT2D eigenvalue weighted by molar-refractivity contribution is -0.125. The van der Waals surface area contributed by atoms with Gasteiger partial charge in [0, 0.05) is 32.7 Å². The van der Waals surface area contributed by atoms with Crippen molar-refractivity contribution in [1.82, 2.24) is 9.62 Å². The number of hydrogen-bond donors (Lipinski definition) is 1. The Kier molecular flexibility index (Phi) is 6.81. The summed E-state index contributed by atoms with van der Waals surface area (Å²) in [7, 11) is 0.792. The zero-order valence-corrected chi connectivity index (χ0v) is 20.5. The number of anilines is 2. The molecule has 0 saturated carbocycles. The van der Waals surface area contributed by atoms with Gasteiger partial charge < -0.3 is 15.0 Å². The summed E-state index contributed by atoms with van der Waals surface area (Å²) in [5, 5.41) is 2.85. The zero-order chi connectivity index (χ0) is 24.5. The van der Waals surface area contributed by atoms with Crippen LogP contribution in [0.5, 0.6) is 5.75 Å². The number of sulfonamides is 1. The van der Waals surface area contributed by atoms with Crippen molar-refractivity contribution in [2.75, 3.05) is 44.1 Å². The Morgan fingerprint density at radius 2 is 1.91 bits per heavy atom. The van der Waals surface area contributed by atoms with Gasteiger partial charge in [-0.3, -0.25) is 14.5 Å². The van der Waals surface area contributed by atoms with Crippen LogP contribution in [0, 0.1) is 0 Å². The maximum atomic E-state index is 13.5. The number of methoxy groups -OCH3 is 1. The lowest BCUT2D eigenvalue weighted by Gasteiger charge is -2.45. The Labute approximate surface area is 200 Å². The Hall–Kier alpha value is -3.11. The van der Waals surface area contributed by atoms with Crippen molar-refractivity contribution >= 4 is 33.2 Å². The first kappa shape index (κ1) is 24.0. The number of para-hydroxylation sites is 1. The van der Waals surface area contributed by atoms with Gasteiger partial charge in [-0.15, -0.1) is 0 Å². The van der Waals surface area contributed by atoms with E-state index in [2.05, 4.69) is 5.32 Å². The first-order valence-corrected chi connectivity index (χ1v) is 12.7. The molecule has 0 radical (unpaired) electrons.